The van der Waals surface area contributed by atoms with Crippen LogP contribution in [0.5, 0.6) is 0 Å². The number of nitrogens with zero attached hydrogens (tertiary/aromatic N) is 2. The van der Waals surface area contributed by atoms with Gasteiger partial charge >= 0.3 is 0 Å². The predicted molar refractivity (Wildman–Crippen MR) is 137 cm³/mol. The van der Waals surface area contributed by atoms with Crippen LogP contribution in [0.3, 0.4) is 0 Å². The van der Waals surface area contributed by atoms with Crippen molar-refractivity contribution in [3.8, 4) is 0 Å². The molecule has 3 aliphatic rings. The monoisotopic (exact) mass is 445 g/mol. The summed E-state index contributed by atoms with van der Waals surface area (Å²) in [7, 11) is 2.08. The second-order valence-corrected chi connectivity index (χ2v) is 6.83. The molecule has 3 rings (SSSR count). The van der Waals surface area contributed by atoms with Crippen LogP contribution in [0.1, 0.15) is 60.8 Å². The van der Waals surface area contributed by atoms with E-state index >= 15 is 0 Å². The molecule has 4 nitrogen and oxygen atoms in total. The second kappa shape index (κ2) is 18.2. The molecule has 0 saturated carbocycles. The largest absolute Gasteiger partial charge is 0.362 e. The van der Waals surface area contributed by atoms with Gasteiger partial charge in [-0.25, -0.2) is 4.39 Å². The molecular weight excluding hydrogens is 401 g/mol. The van der Waals surface area contributed by atoms with Crippen molar-refractivity contribution in [3.63, 3.8) is 0 Å². The molecule has 1 heterocycles. The molecule has 1 amide bonds. The highest BCUT2D eigenvalue weighted by Gasteiger charge is 2.21. The summed E-state index contributed by atoms with van der Waals surface area (Å²) in [6.45, 7) is 15.4. The van der Waals surface area contributed by atoms with E-state index in [0.29, 0.717) is 12.8 Å². The second-order valence-electron chi connectivity index (χ2n) is 6.83. The molecule has 1 aliphatic heterocycles. The number of allylic oxidation sites excluding steroid dienone is 9. The Morgan fingerprint density at radius 3 is 1.94 bits per heavy atom. The smallest absolute Gasteiger partial charge is 0.250 e. The first-order valence-corrected chi connectivity index (χ1v) is 12.1. The molecule has 0 radical (unpaired) electrons. The first-order chi connectivity index (χ1) is 15.6. The lowest BCUT2D eigenvalue weighted by Crippen LogP contribution is -2.47. The van der Waals surface area contributed by atoms with Gasteiger partial charge < -0.3 is 15.1 Å². The van der Waals surface area contributed by atoms with Gasteiger partial charge in [0, 0.05) is 56.0 Å². The zero-order valence-corrected chi connectivity index (χ0v) is 21.2. The van der Waals surface area contributed by atoms with E-state index in [9.17, 15) is 9.18 Å². The Kier molecular flexibility index (Phi) is 16.8. The molecule has 1 N–H and O–H groups in total. The molecular formula is C27H44FN3O. The van der Waals surface area contributed by atoms with Gasteiger partial charge in [-0.2, -0.15) is 0 Å². The molecule has 0 aromatic heterocycles. The van der Waals surface area contributed by atoms with Gasteiger partial charge in [-0.05, 0) is 37.8 Å². The van der Waals surface area contributed by atoms with Crippen LogP contribution >= 0.6 is 0 Å². The van der Waals surface area contributed by atoms with E-state index in [-0.39, 0.29) is 11.7 Å². The van der Waals surface area contributed by atoms with Gasteiger partial charge in [0.25, 0.3) is 0 Å². The van der Waals surface area contributed by atoms with Crippen molar-refractivity contribution in [2.75, 3.05) is 33.2 Å². The molecule has 0 aromatic rings. The molecule has 0 spiro atoms. The highest BCUT2D eigenvalue weighted by molar-refractivity contribution is 5.94. The summed E-state index contributed by atoms with van der Waals surface area (Å²) in [5, 5.41) is 3.36. The average molecular weight is 446 g/mol. The van der Waals surface area contributed by atoms with Crippen molar-refractivity contribution >= 4 is 5.91 Å². The van der Waals surface area contributed by atoms with Gasteiger partial charge in [0.2, 0.25) is 5.91 Å². The first kappa shape index (κ1) is 29.6. The van der Waals surface area contributed by atoms with Gasteiger partial charge in [-0.3, -0.25) is 4.79 Å². The van der Waals surface area contributed by atoms with Crippen molar-refractivity contribution in [3.05, 3.63) is 71.4 Å². The number of rotatable bonds is 3. The van der Waals surface area contributed by atoms with Gasteiger partial charge in [0.05, 0.1) is 0 Å². The number of carbonyl (C=O) groups is 1. The number of halogens is 1. The highest BCUT2D eigenvalue weighted by Crippen LogP contribution is 2.17. The van der Waals surface area contributed by atoms with Crippen LogP contribution in [0, 0.1) is 0 Å². The van der Waals surface area contributed by atoms with E-state index in [0.717, 1.165) is 49.6 Å². The molecule has 1 fully saturated rings. The Balaban J connectivity index is 0.00000148. The summed E-state index contributed by atoms with van der Waals surface area (Å²) in [6, 6.07) is 0. The molecule has 32 heavy (non-hydrogen) atoms. The molecule has 0 unspecified atom stereocenters. The minimum atomic E-state index is -0.242. The normalized spacial score (nSPS) is 21.4. The SMILES string of the molecule is CC.CC.CC.CN1CCN(C(=O)/C2=C/C=C(/NC3=CC=C(F)C=CC3)CC=CC2)CC1. The predicted octanol–water partition coefficient (Wildman–Crippen LogP) is 6.29. The van der Waals surface area contributed by atoms with Crippen LogP contribution < -0.4 is 5.32 Å². The molecule has 1 saturated heterocycles. The zero-order chi connectivity index (χ0) is 24.4. The summed E-state index contributed by atoms with van der Waals surface area (Å²) < 4.78 is 13.3. The van der Waals surface area contributed by atoms with E-state index in [1.165, 1.54) is 12.2 Å². The maximum atomic E-state index is 13.3. The lowest BCUT2D eigenvalue weighted by molar-refractivity contribution is -0.128. The average Bonchev–Trinajstić information content (AvgIpc) is 3.04. The van der Waals surface area contributed by atoms with Crippen molar-refractivity contribution < 1.29 is 9.18 Å². The van der Waals surface area contributed by atoms with E-state index in [4.69, 9.17) is 0 Å². The Morgan fingerprint density at radius 2 is 1.31 bits per heavy atom. The summed E-state index contributed by atoms with van der Waals surface area (Å²) in [4.78, 5) is 17.0. The molecule has 180 valence electrons. The Hall–Kier alpha value is -2.40. The minimum Gasteiger partial charge on any atom is -0.362 e. The molecule has 2 aliphatic carbocycles. The third kappa shape index (κ3) is 10.8. The molecule has 5 heteroatoms. The van der Waals surface area contributed by atoms with Gasteiger partial charge in [0.15, 0.2) is 0 Å². The maximum Gasteiger partial charge on any atom is 0.250 e. The van der Waals surface area contributed by atoms with E-state index in [1.807, 2.05) is 58.6 Å². The number of likely N-dealkylation sites (N-methyl/N-ethyl adjacent to an activating group) is 1. The van der Waals surface area contributed by atoms with Crippen molar-refractivity contribution in [1.82, 2.24) is 15.1 Å². The fourth-order valence-electron chi connectivity index (χ4n) is 3.12. The summed E-state index contributed by atoms with van der Waals surface area (Å²) >= 11 is 0. The molecule has 0 bridgehead atoms. The zero-order valence-electron chi connectivity index (χ0n) is 21.2. The lowest BCUT2D eigenvalue weighted by atomic mass is 10.1. The third-order valence-electron chi connectivity index (χ3n) is 4.77. The summed E-state index contributed by atoms with van der Waals surface area (Å²) in [5.74, 6) is -0.116. The fourth-order valence-corrected chi connectivity index (χ4v) is 3.12. The number of hydrogen-bond acceptors (Lipinski definition) is 3. The number of hydrogen-bond donors (Lipinski definition) is 1. The maximum absolute atomic E-state index is 13.3. The Labute approximate surface area is 195 Å². The third-order valence-corrected chi connectivity index (χ3v) is 4.77. The van der Waals surface area contributed by atoms with Crippen LogP contribution in [0.2, 0.25) is 0 Å². The Morgan fingerprint density at radius 1 is 0.781 bits per heavy atom. The van der Waals surface area contributed by atoms with Gasteiger partial charge in [-0.1, -0.05) is 65.8 Å². The topological polar surface area (TPSA) is 35.6 Å². The minimum absolute atomic E-state index is 0.127. The van der Waals surface area contributed by atoms with E-state index < -0.39 is 0 Å². The van der Waals surface area contributed by atoms with Crippen molar-refractivity contribution in [2.24, 2.45) is 0 Å². The van der Waals surface area contributed by atoms with Crippen LogP contribution in [0.4, 0.5) is 4.39 Å². The fraction of sp³-hybridized carbons (Fsp3) is 0.519. The highest BCUT2D eigenvalue weighted by atomic mass is 19.1. The van der Waals surface area contributed by atoms with Crippen molar-refractivity contribution in [2.45, 2.75) is 60.8 Å². The molecule has 0 aromatic carbocycles. The van der Waals surface area contributed by atoms with Gasteiger partial charge in [-0.15, -0.1) is 0 Å². The van der Waals surface area contributed by atoms with Crippen LogP contribution in [0.25, 0.3) is 0 Å². The van der Waals surface area contributed by atoms with Gasteiger partial charge in [0.1, 0.15) is 5.83 Å². The standard InChI is InChI=1S/C21H26FN3O.3C2H6/c1-24-13-15-25(16-14-24)21(26)17-5-2-3-7-19(11-9-17)23-20-8-4-6-18(22)10-12-20;3*1-2/h2-4,6,9-12,23H,5,7-8,13-16H2,1H3;3*1-2H3/b3-2?,17-9+,19-11+;;;. The number of nitrogens with one attached hydrogen (secondary N) is 1. The lowest BCUT2D eigenvalue weighted by Gasteiger charge is -2.33. The number of piperazine rings is 1. The van der Waals surface area contributed by atoms with Crippen LogP contribution in [-0.4, -0.2) is 48.9 Å². The van der Waals surface area contributed by atoms with E-state index in [2.05, 4.69) is 29.4 Å². The summed E-state index contributed by atoms with van der Waals surface area (Å²) in [5.41, 5.74) is 2.75. The molecule has 0 atom stereocenters. The quantitative estimate of drug-likeness (QED) is 0.519. The van der Waals surface area contributed by atoms with E-state index in [1.54, 1.807) is 12.2 Å². The van der Waals surface area contributed by atoms with Crippen molar-refractivity contribution in [1.29, 1.82) is 0 Å². The van der Waals surface area contributed by atoms with Crippen LogP contribution in [0.15, 0.2) is 71.4 Å². The number of amides is 1. The summed E-state index contributed by atoms with van der Waals surface area (Å²) in [6.07, 6.45) is 16.6. The number of carbonyl (C=O) groups excluding carboxylic acids is 1. The van der Waals surface area contributed by atoms with Crippen LogP contribution in [-0.2, 0) is 4.79 Å². The Bertz CT molecular complexity index is 721. The first-order valence-electron chi connectivity index (χ1n) is 12.1.